The zero-order valence-electron chi connectivity index (χ0n) is 18.0. The minimum atomic E-state index is -3.66. The van der Waals surface area contributed by atoms with E-state index >= 15 is 0 Å². The maximum absolute atomic E-state index is 14.0. The van der Waals surface area contributed by atoms with Gasteiger partial charge >= 0.3 is 5.97 Å². The molecule has 1 aliphatic heterocycles. The van der Waals surface area contributed by atoms with Crippen LogP contribution >= 0.6 is 11.3 Å². The fourth-order valence-electron chi connectivity index (χ4n) is 3.52. The number of halogens is 3. The Morgan fingerprint density at radius 2 is 1.94 bits per heavy atom. The molecule has 1 fully saturated rings. The number of ether oxygens (including phenoxy) is 1. The summed E-state index contributed by atoms with van der Waals surface area (Å²) in [6.45, 7) is 0.530. The maximum atomic E-state index is 14.0. The van der Waals surface area contributed by atoms with Gasteiger partial charge < -0.3 is 14.7 Å². The largest absolute Gasteiger partial charge is 0.487 e. The van der Waals surface area contributed by atoms with Crippen LogP contribution in [0, 0.1) is 12.7 Å². The molecule has 0 amide bonds. The monoisotopic (exact) mass is 512 g/mol. The first kappa shape index (κ1) is 24.0. The van der Waals surface area contributed by atoms with Gasteiger partial charge in [-0.25, -0.2) is 26.4 Å². The Morgan fingerprint density at radius 1 is 1.24 bits per heavy atom. The number of aromatic carboxylic acids is 1. The van der Waals surface area contributed by atoms with Gasteiger partial charge in [-0.1, -0.05) is 0 Å². The lowest BCUT2D eigenvalue weighted by Gasteiger charge is -2.40. The fourth-order valence-corrected chi connectivity index (χ4v) is 5.07. The highest BCUT2D eigenvalue weighted by Crippen LogP contribution is 2.39. The summed E-state index contributed by atoms with van der Waals surface area (Å²) >= 11 is 1.05. The van der Waals surface area contributed by atoms with E-state index in [9.17, 15) is 31.5 Å². The molecule has 0 unspecified atom stereocenters. The van der Waals surface area contributed by atoms with E-state index in [0.717, 1.165) is 29.7 Å². The summed E-state index contributed by atoms with van der Waals surface area (Å²) in [5.74, 6) is -4.50. The van der Waals surface area contributed by atoms with Crippen molar-refractivity contribution in [3.8, 4) is 17.0 Å². The molecule has 1 aliphatic rings. The van der Waals surface area contributed by atoms with E-state index in [0.29, 0.717) is 16.1 Å². The van der Waals surface area contributed by atoms with Crippen LogP contribution < -0.4 is 9.64 Å². The Kier molecular flexibility index (Phi) is 6.06. The highest BCUT2D eigenvalue weighted by atomic mass is 32.2. The number of nitrogens with zero attached hydrogens (tertiary/aromatic N) is 2. The second-order valence-corrected chi connectivity index (χ2v) is 11.3. The average molecular weight is 513 g/mol. The molecule has 2 aromatic heterocycles. The number of benzene rings is 1. The molecule has 7 nitrogen and oxygen atoms in total. The van der Waals surface area contributed by atoms with E-state index in [4.69, 9.17) is 4.74 Å². The highest BCUT2D eigenvalue weighted by Gasteiger charge is 2.44. The number of carbonyl (C=O) groups is 1. The summed E-state index contributed by atoms with van der Waals surface area (Å²) in [7, 11) is -3.66. The van der Waals surface area contributed by atoms with Crippen LogP contribution in [0.25, 0.3) is 11.3 Å². The fraction of sp³-hybridized carbons (Fsp3) is 0.273. The third-order valence-corrected chi connectivity index (χ3v) is 7.32. The molecule has 1 N–H and O–H groups in total. The molecule has 0 atom stereocenters. The molecule has 3 aromatic rings. The zero-order valence-corrected chi connectivity index (χ0v) is 19.6. The van der Waals surface area contributed by atoms with Crippen molar-refractivity contribution in [3.05, 3.63) is 57.7 Å². The van der Waals surface area contributed by atoms with E-state index in [2.05, 4.69) is 4.98 Å². The normalized spacial score (nSPS) is 15.1. The van der Waals surface area contributed by atoms with Crippen LogP contribution in [0.3, 0.4) is 0 Å². The first-order valence-electron chi connectivity index (χ1n) is 9.92. The van der Waals surface area contributed by atoms with Crippen molar-refractivity contribution < 1.29 is 36.2 Å². The molecule has 0 saturated carbocycles. The first-order chi connectivity index (χ1) is 15.8. The molecule has 4 rings (SSSR count). The third-order valence-electron chi connectivity index (χ3n) is 5.19. The van der Waals surface area contributed by atoms with Gasteiger partial charge in [0.1, 0.15) is 28.7 Å². The number of hydrogen-bond acceptors (Lipinski definition) is 7. The lowest BCUT2D eigenvalue weighted by Crippen LogP contribution is -2.56. The molecule has 1 saturated heterocycles. The summed E-state index contributed by atoms with van der Waals surface area (Å²) < 4.78 is 70.2. The molecular weight excluding hydrogens is 493 g/mol. The Morgan fingerprint density at radius 3 is 2.53 bits per heavy atom. The predicted molar refractivity (Wildman–Crippen MR) is 120 cm³/mol. The van der Waals surface area contributed by atoms with Gasteiger partial charge in [-0.2, -0.15) is 0 Å². The van der Waals surface area contributed by atoms with Crippen LogP contribution in [-0.4, -0.2) is 49.7 Å². The summed E-state index contributed by atoms with van der Waals surface area (Å²) in [6.07, 6.45) is 2.36. The molecule has 180 valence electrons. The highest BCUT2D eigenvalue weighted by molar-refractivity contribution is 7.90. The number of anilines is 1. The average Bonchev–Trinajstić information content (AvgIpc) is 3.11. The number of aryl methyl sites for hydroxylation is 1. The minimum absolute atomic E-state index is 0.0923. The minimum Gasteiger partial charge on any atom is -0.487 e. The van der Waals surface area contributed by atoms with Crippen LogP contribution in [-0.2, 0) is 16.4 Å². The second-order valence-electron chi connectivity index (χ2n) is 7.99. The summed E-state index contributed by atoms with van der Waals surface area (Å²) in [5, 5.41) is 9.31. The van der Waals surface area contributed by atoms with E-state index in [-0.39, 0.29) is 33.4 Å². The first-order valence-corrected chi connectivity index (χ1v) is 12.6. The number of rotatable bonds is 7. The summed E-state index contributed by atoms with van der Waals surface area (Å²) in [5.41, 5.74) is 1.40. The van der Waals surface area contributed by atoms with Crippen LogP contribution in [0.4, 0.5) is 18.9 Å². The topological polar surface area (TPSA) is 96.8 Å². The van der Waals surface area contributed by atoms with E-state index in [1.807, 2.05) is 0 Å². The van der Waals surface area contributed by atoms with E-state index in [1.165, 1.54) is 29.3 Å². The van der Waals surface area contributed by atoms with E-state index in [1.54, 1.807) is 6.92 Å². The Bertz CT molecular complexity index is 1380. The molecule has 0 spiro atoms. The lowest BCUT2D eigenvalue weighted by atomic mass is 10.1. The molecule has 0 bridgehead atoms. The molecule has 0 aliphatic carbocycles. The second kappa shape index (κ2) is 8.58. The number of carboxylic acid groups (broad SMARTS) is 1. The number of hydrogen-bond donors (Lipinski definition) is 1. The van der Waals surface area contributed by atoms with Crippen molar-refractivity contribution in [2.75, 3.05) is 24.2 Å². The standard InChI is InChI=1S/C22H19F3N2O5S2/c1-12-17(7-19(33-12)21(28)29)20-18(6-15(8-26-20)27-10-22(24,25)11-27)32-9-13-3-14(23)5-16(4-13)34(2,30)31/h3-8H,9-11H2,1-2H3,(H,28,29). The molecule has 34 heavy (non-hydrogen) atoms. The number of thiophene rings is 1. The number of alkyl halides is 2. The number of pyridine rings is 1. The van der Waals surface area contributed by atoms with Crippen LogP contribution in [0.15, 0.2) is 41.4 Å². The van der Waals surface area contributed by atoms with Crippen molar-refractivity contribution in [1.82, 2.24) is 4.98 Å². The Labute approximate surface area is 197 Å². The van der Waals surface area contributed by atoms with E-state index < -0.39 is 40.6 Å². The van der Waals surface area contributed by atoms with Crippen LogP contribution in [0.2, 0.25) is 0 Å². The van der Waals surface area contributed by atoms with Gasteiger partial charge in [0.15, 0.2) is 9.84 Å². The zero-order chi connectivity index (χ0) is 24.8. The number of carboxylic acids is 1. The van der Waals surface area contributed by atoms with Crippen LogP contribution in [0.1, 0.15) is 20.1 Å². The van der Waals surface area contributed by atoms with Gasteiger partial charge in [-0.15, -0.1) is 11.3 Å². The Balaban J connectivity index is 1.71. The summed E-state index contributed by atoms with van der Waals surface area (Å²) in [6, 6.07) is 6.26. The van der Waals surface area contributed by atoms with Gasteiger partial charge in [0.25, 0.3) is 5.92 Å². The maximum Gasteiger partial charge on any atom is 0.345 e. The molecule has 1 aromatic carbocycles. The van der Waals surface area contributed by atoms with Crippen molar-refractivity contribution >= 4 is 32.8 Å². The van der Waals surface area contributed by atoms with Gasteiger partial charge in [-0.3, -0.25) is 4.98 Å². The smallest absolute Gasteiger partial charge is 0.345 e. The van der Waals surface area contributed by atoms with Gasteiger partial charge in [0.05, 0.1) is 29.9 Å². The Hall–Kier alpha value is -3.12. The van der Waals surface area contributed by atoms with Crippen molar-refractivity contribution in [3.63, 3.8) is 0 Å². The quantitative estimate of drug-likeness (QED) is 0.501. The predicted octanol–water partition coefficient (Wildman–Crippen LogP) is 4.39. The molecule has 3 heterocycles. The van der Waals surface area contributed by atoms with Crippen molar-refractivity contribution in [2.24, 2.45) is 0 Å². The van der Waals surface area contributed by atoms with Crippen molar-refractivity contribution in [2.45, 2.75) is 24.3 Å². The molecule has 12 heteroatoms. The number of sulfone groups is 1. The van der Waals surface area contributed by atoms with Gasteiger partial charge in [-0.05, 0) is 36.8 Å². The van der Waals surface area contributed by atoms with Crippen molar-refractivity contribution in [1.29, 1.82) is 0 Å². The van der Waals surface area contributed by atoms with Gasteiger partial charge in [0, 0.05) is 22.8 Å². The van der Waals surface area contributed by atoms with Gasteiger partial charge in [0.2, 0.25) is 0 Å². The molecule has 0 radical (unpaired) electrons. The SMILES string of the molecule is Cc1sc(C(=O)O)cc1-c1ncc(N2CC(F)(F)C2)cc1OCc1cc(F)cc(S(C)(=O)=O)c1. The van der Waals surface area contributed by atoms with Crippen LogP contribution in [0.5, 0.6) is 5.75 Å². The molecular formula is C22H19F3N2O5S2. The number of aromatic nitrogens is 1. The third kappa shape index (κ3) is 5.02. The lowest BCUT2D eigenvalue weighted by molar-refractivity contribution is -0.0263. The summed E-state index contributed by atoms with van der Waals surface area (Å²) in [4.78, 5) is 17.7.